The summed E-state index contributed by atoms with van der Waals surface area (Å²) >= 11 is 0. The molecule has 2 aromatic carbocycles. The molecular weight excluding hydrogens is 296 g/mol. The quantitative estimate of drug-likeness (QED) is 0.626. The first-order valence-electron chi connectivity index (χ1n) is 7.23. The molecule has 0 saturated heterocycles. The zero-order valence-electron chi connectivity index (χ0n) is 12.8. The van der Waals surface area contributed by atoms with Crippen LogP contribution in [0.2, 0.25) is 0 Å². The van der Waals surface area contributed by atoms with Crippen LogP contribution >= 0.6 is 0 Å². The molecule has 0 aliphatic carbocycles. The van der Waals surface area contributed by atoms with E-state index in [0.717, 1.165) is 17.1 Å². The lowest BCUT2D eigenvalue weighted by Crippen LogP contribution is -2.22. The van der Waals surface area contributed by atoms with Crippen molar-refractivity contribution in [3.63, 3.8) is 0 Å². The van der Waals surface area contributed by atoms with Crippen molar-refractivity contribution in [2.45, 2.75) is 6.54 Å². The van der Waals surface area contributed by atoms with Gasteiger partial charge >= 0.3 is 0 Å². The molecule has 6 nitrogen and oxygen atoms in total. The van der Waals surface area contributed by atoms with Gasteiger partial charge in [0.05, 0.1) is 19.3 Å². The van der Waals surface area contributed by atoms with E-state index in [-0.39, 0.29) is 19.1 Å². The number of ketones is 1. The molecule has 1 heterocycles. The molecule has 0 aromatic heterocycles. The lowest BCUT2D eigenvalue weighted by Gasteiger charge is -2.08. The molecule has 0 saturated carbocycles. The van der Waals surface area contributed by atoms with Gasteiger partial charge in [0.25, 0.3) is 0 Å². The average molecular weight is 314 g/mol. The van der Waals surface area contributed by atoms with Crippen molar-refractivity contribution >= 4 is 11.5 Å². The first-order valence-corrected chi connectivity index (χ1v) is 7.23. The van der Waals surface area contributed by atoms with Crippen LogP contribution in [0, 0.1) is 0 Å². The Labute approximate surface area is 134 Å². The second kappa shape index (κ2) is 6.58. The molecular formula is C17H18N2O4. The molecule has 6 heteroatoms. The Kier molecular flexibility index (Phi) is 4.34. The summed E-state index contributed by atoms with van der Waals surface area (Å²) in [7, 11) is 1.54. The standard InChI is InChI=1S/C17H18N2O4/c1-21-15-5-3-12(7-13(15)18)14(20)9-19-8-11-2-4-16-17(6-11)23-10-22-16/h2-7,19H,8-10,18H2,1H3. The number of anilines is 1. The van der Waals surface area contributed by atoms with Gasteiger partial charge in [0.1, 0.15) is 5.75 Å². The zero-order valence-corrected chi connectivity index (χ0v) is 12.8. The Hall–Kier alpha value is -2.73. The Morgan fingerprint density at radius 3 is 2.83 bits per heavy atom. The van der Waals surface area contributed by atoms with Crippen LogP contribution in [0.25, 0.3) is 0 Å². The van der Waals surface area contributed by atoms with Crippen molar-refractivity contribution in [2.75, 3.05) is 26.2 Å². The van der Waals surface area contributed by atoms with Crippen LogP contribution in [-0.2, 0) is 6.54 Å². The SMILES string of the molecule is COc1ccc(C(=O)CNCc2ccc3c(c2)OCO3)cc1N. The van der Waals surface area contributed by atoms with Crippen molar-refractivity contribution in [3.05, 3.63) is 47.5 Å². The van der Waals surface area contributed by atoms with Crippen LogP contribution in [0.5, 0.6) is 17.2 Å². The van der Waals surface area contributed by atoms with E-state index in [1.807, 2.05) is 18.2 Å². The third-order valence-electron chi connectivity index (χ3n) is 3.60. The number of fused-ring (bicyclic) bond motifs is 1. The fraction of sp³-hybridized carbons (Fsp3) is 0.235. The lowest BCUT2D eigenvalue weighted by molar-refractivity contribution is 0.0991. The summed E-state index contributed by atoms with van der Waals surface area (Å²) in [6.07, 6.45) is 0. The summed E-state index contributed by atoms with van der Waals surface area (Å²) in [6.45, 7) is 1.04. The first kappa shape index (κ1) is 15.2. The number of nitrogens with one attached hydrogen (secondary N) is 1. The molecule has 1 aliphatic rings. The molecule has 3 rings (SSSR count). The Morgan fingerprint density at radius 1 is 1.22 bits per heavy atom. The fourth-order valence-corrected chi connectivity index (χ4v) is 2.38. The van der Waals surface area contributed by atoms with Gasteiger partial charge in [-0.15, -0.1) is 0 Å². The van der Waals surface area contributed by atoms with Gasteiger partial charge < -0.3 is 25.3 Å². The predicted octanol–water partition coefficient (Wildman–Crippen LogP) is 1.98. The molecule has 0 unspecified atom stereocenters. The van der Waals surface area contributed by atoms with Gasteiger partial charge in [-0.25, -0.2) is 0 Å². The van der Waals surface area contributed by atoms with Crippen LogP contribution in [0.15, 0.2) is 36.4 Å². The molecule has 1 aliphatic heterocycles. The molecule has 0 atom stereocenters. The molecule has 0 spiro atoms. The molecule has 0 bridgehead atoms. The first-order chi connectivity index (χ1) is 11.2. The van der Waals surface area contributed by atoms with Crippen LogP contribution in [-0.4, -0.2) is 26.2 Å². The van der Waals surface area contributed by atoms with Crippen molar-refractivity contribution in [3.8, 4) is 17.2 Å². The topological polar surface area (TPSA) is 82.8 Å². The highest BCUT2D eigenvalue weighted by molar-refractivity contribution is 5.98. The second-order valence-corrected chi connectivity index (χ2v) is 5.17. The summed E-state index contributed by atoms with van der Waals surface area (Å²) in [5.41, 5.74) is 7.85. The number of benzene rings is 2. The molecule has 0 radical (unpaired) electrons. The number of ether oxygens (including phenoxy) is 3. The van der Waals surface area contributed by atoms with Gasteiger partial charge in [0, 0.05) is 12.1 Å². The highest BCUT2D eigenvalue weighted by atomic mass is 16.7. The van der Waals surface area contributed by atoms with E-state index in [1.165, 1.54) is 0 Å². The third-order valence-corrected chi connectivity index (χ3v) is 3.60. The van der Waals surface area contributed by atoms with Gasteiger partial charge in [-0.1, -0.05) is 6.07 Å². The second-order valence-electron chi connectivity index (χ2n) is 5.17. The molecule has 0 amide bonds. The number of rotatable bonds is 6. The van der Waals surface area contributed by atoms with Gasteiger partial charge in [0.2, 0.25) is 6.79 Å². The maximum atomic E-state index is 12.2. The summed E-state index contributed by atoms with van der Waals surface area (Å²) < 4.78 is 15.7. The minimum absolute atomic E-state index is 0.0277. The van der Waals surface area contributed by atoms with Crippen molar-refractivity contribution in [1.82, 2.24) is 5.32 Å². The number of nitrogens with two attached hydrogens (primary N) is 1. The number of hydrogen-bond acceptors (Lipinski definition) is 6. The van der Waals surface area contributed by atoms with Crippen molar-refractivity contribution < 1.29 is 19.0 Å². The lowest BCUT2D eigenvalue weighted by atomic mass is 10.1. The van der Waals surface area contributed by atoms with Gasteiger partial charge in [-0.05, 0) is 35.9 Å². The van der Waals surface area contributed by atoms with E-state index >= 15 is 0 Å². The van der Waals surface area contributed by atoms with Gasteiger partial charge in [-0.3, -0.25) is 4.79 Å². The van der Waals surface area contributed by atoms with E-state index < -0.39 is 0 Å². The fourth-order valence-electron chi connectivity index (χ4n) is 2.38. The largest absolute Gasteiger partial charge is 0.495 e. The Morgan fingerprint density at radius 2 is 2.04 bits per heavy atom. The molecule has 120 valence electrons. The number of Topliss-reactive ketones (excluding diaryl/α,β-unsaturated/α-hetero) is 1. The molecule has 0 fully saturated rings. The maximum absolute atomic E-state index is 12.2. The number of methoxy groups -OCH3 is 1. The molecule has 23 heavy (non-hydrogen) atoms. The third kappa shape index (κ3) is 3.37. The van der Waals surface area contributed by atoms with E-state index in [4.69, 9.17) is 19.9 Å². The van der Waals surface area contributed by atoms with Crippen LogP contribution in [0.1, 0.15) is 15.9 Å². The van der Waals surface area contributed by atoms with Crippen LogP contribution in [0.4, 0.5) is 5.69 Å². The normalized spacial score (nSPS) is 12.2. The van der Waals surface area contributed by atoms with Crippen molar-refractivity contribution in [1.29, 1.82) is 0 Å². The van der Waals surface area contributed by atoms with E-state index in [0.29, 0.717) is 23.5 Å². The van der Waals surface area contributed by atoms with Crippen molar-refractivity contribution in [2.24, 2.45) is 0 Å². The number of carbonyl (C=O) groups excluding carboxylic acids is 1. The highest BCUT2D eigenvalue weighted by Crippen LogP contribution is 2.32. The van der Waals surface area contributed by atoms with Gasteiger partial charge in [-0.2, -0.15) is 0 Å². The smallest absolute Gasteiger partial charge is 0.231 e. The summed E-state index contributed by atoms with van der Waals surface area (Å²) in [4.78, 5) is 12.2. The summed E-state index contributed by atoms with van der Waals surface area (Å²) in [5, 5.41) is 3.12. The van der Waals surface area contributed by atoms with E-state index in [9.17, 15) is 4.79 Å². The number of nitrogen functional groups attached to an aromatic ring is 1. The minimum Gasteiger partial charge on any atom is -0.495 e. The Balaban J connectivity index is 1.56. The summed E-state index contributed by atoms with van der Waals surface area (Å²) in [5.74, 6) is 2.02. The number of carbonyl (C=O) groups is 1. The highest BCUT2D eigenvalue weighted by Gasteiger charge is 2.13. The van der Waals surface area contributed by atoms with Gasteiger partial charge in [0.15, 0.2) is 17.3 Å². The Bertz CT molecular complexity index is 731. The molecule has 3 N–H and O–H groups in total. The zero-order chi connectivity index (χ0) is 16.2. The monoisotopic (exact) mass is 314 g/mol. The maximum Gasteiger partial charge on any atom is 0.231 e. The van der Waals surface area contributed by atoms with Crippen LogP contribution < -0.4 is 25.3 Å². The average Bonchev–Trinajstić information content (AvgIpc) is 3.02. The van der Waals surface area contributed by atoms with Crippen LogP contribution in [0.3, 0.4) is 0 Å². The minimum atomic E-state index is -0.0277. The van der Waals surface area contributed by atoms with E-state index in [1.54, 1.807) is 25.3 Å². The predicted molar refractivity (Wildman–Crippen MR) is 86.0 cm³/mol. The summed E-state index contributed by atoms with van der Waals surface area (Å²) in [6, 6.07) is 10.7. The van der Waals surface area contributed by atoms with E-state index in [2.05, 4.69) is 5.32 Å². The number of hydrogen-bond donors (Lipinski definition) is 2. The molecule has 2 aromatic rings.